The maximum Gasteiger partial charge on any atom is 0.225 e. The van der Waals surface area contributed by atoms with E-state index in [1.165, 1.54) is 260 Å². The van der Waals surface area contributed by atoms with Crippen LogP contribution in [0, 0.1) is 23.7 Å². The number of piperazine rings is 2. The van der Waals surface area contributed by atoms with Crippen LogP contribution in [0.5, 0.6) is 5.88 Å². The number of anilines is 5. The van der Waals surface area contributed by atoms with E-state index in [-0.39, 0.29) is 18.0 Å². The van der Waals surface area contributed by atoms with Gasteiger partial charge < -0.3 is 66.5 Å². The fourth-order valence-electron chi connectivity index (χ4n) is 27.5. The van der Waals surface area contributed by atoms with Gasteiger partial charge in [-0.25, -0.2) is 59.8 Å². The first-order chi connectivity index (χ1) is 68.4. The molecule has 0 aromatic carbocycles. The predicted molar refractivity (Wildman–Crippen MR) is 574 cm³/mol. The zero-order valence-corrected chi connectivity index (χ0v) is 88.5. The minimum Gasteiger partial charge on any atom is -0.476 e. The highest BCUT2D eigenvalue weighted by atomic mass is 32.1. The number of nitrogens with one attached hydrogen (secondary N) is 7. The lowest BCUT2D eigenvalue weighted by Gasteiger charge is -2.61. The lowest BCUT2D eigenvalue weighted by Crippen LogP contribution is -2.76. The summed E-state index contributed by atoms with van der Waals surface area (Å²) in [4.78, 5) is 102. The van der Waals surface area contributed by atoms with Crippen LogP contribution in [0.4, 0.5) is 29.1 Å². The van der Waals surface area contributed by atoms with Crippen molar-refractivity contribution in [2.24, 2.45) is 23.7 Å². The third-order valence-electron chi connectivity index (χ3n) is 34.7. The van der Waals surface area contributed by atoms with Gasteiger partial charge in [-0.2, -0.15) is 0 Å². The highest BCUT2D eigenvalue weighted by Crippen LogP contribution is 2.53. The Balaban J connectivity index is 0.0000000939. The van der Waals surface area contributed by atoms with Crippen LogP contribution in [0.3, 0.4) is 0 Å². The van der Waals surface area contributed by atoms with Gasteiger partial charge in [0.15, 0.2) is 0 Å². The van der Waals surface area contributed by atoms with Gasteiger partial charge in [-0.1, -0.05) is 6.92 Å². The fraction of sp³-hybridized carbons (Fsp3) is 0.648. The summed E-state index contributed by atoms with van der Waals surface area (Å²) >= 11 is 11.1. The Morgan fingerprint density at radius 2 is 0.757 bits per heavy atom. The molecule has 6 aliphatic heterocycles. The zero-order chi connectivity index (χ0) is 95.1. The summed E-state index contributed by atoms with van der Waals surface area (Å²) in [5.41, 5.74) is 8.97. The van der Waals surface area contributed by atoms with Crippen molar-refractivity contribution in [2.45, 2.75) is 273 Å². The molecular weight excluding hydrogens is 1860 g/mol. The molecule has 0 radical (unpaired) electrons. The molecule has 30 rings (SSSR count). The van der Waals surface area contributed by atoms with Crippen LogP contribution in [0.15, 0.2) is 38.0 Å². The number of hydrogen-bond donors (Lipinski definition) is 7. The van der Waals surface area contributed by atoms with E-state index in [1.807, 2.05) is 68.0 Å². The maximum atomic E-state index is 12.1. The standard InChI is InChI=1S/C19H25N5OS.C19H27N5S.C19H26N4S.C18H24N4S.C15H21N5S.C15H20N4OS/c1-10(25)24-13-7-11(23(2)3)8-14(24)17(13)22-18-16-12-5-4-6-15(12)26-19(16)21-9-20-18;1-4-24-13-8-11(23(2)3)9-14(24)17(13)22-18-16-12-6-5-7-15(12)25-19(16)21-10-20-18;1-23(2)15-9-11-6-7-12(15)14(8-11)22-18-17-13-4-3-5-16(13)24-19(17)21-10-20-18;1-22(2)12-7-10-6-11(8-12)16(10)21-17-15-13-4-3-5-14(13)23-18(15)20-9-19-17;1-2-11-12(3-1)21-15-13(11)14(18-10-19-15)17-6-9-20-7-4-16-5-8-20;1-2-11-12(3-1)21-15-13(11)14(17-10-18-15)20-9-8-19-6-4-16-5-7-19/h9,11,13-14,17H,4-8H2,1-3H3,(H,20,21,22);10-11,13-14,17H,4-9H2,1-3H3,(H,20,21,22);10-12,14-15H,3-9H2,1-2H3,(H,20,21,22);9-12,16H,3-8H2,1-2H3,(H,19,20,21);10,16H,1-9H2,(H,17,18,19);10,16H,1-9H2/t2*11?,13-,14+,17?;;10-,11+,12?,16?;;. The van der Waals surface area contributed by atoms with E-state index in [4.69, 9.17) is 4.74 Å². The minimum absolute atomic E-state index is 0.194. The Labute approximate surface area is 848 Å². The van der Waals surface area contributed by atoms with Crippen molar-refractivity contribution in [3.8, 4) is 5.88 Å². The van der Waals surface area contributed by atoms with E-state index in [2.05, 4.69) is 200 Å². The number of thiophene rings is 6. The maximum absolute atomic E-state index is 12.1. The van der Waals surface area contributed by atoms with Crippen LogP contribution < -0.4 is 42.0 Å². The van der Waals surface area contributed by atoms with Crippen LogP contribution >= 0.6 is 68.0 Å². The summed E-state index contributed by atoms with van der Waals surface area (Å²) in [7, 11) is 17.7. The molecule has 0 spiro atoms. The molecule has 35 heteroatoms. The predicted octanol–water partition coefficient (Wildman–Crippen LogP) is 15.0. The smallest absolute Gasteiger partial charge is 0.225 e. The largest absolute Gasteiger partial charge is 0.476 e. The first-order valence-electron chi connectivity index (χ1n) is 53.0. The number of nitrogens with zero attached hydrogens (tertiary/aromatic N) is 20. The van der Waals surface area contributed by atoms with Gasteiger partial charge in [-0.05, 0) is 306 Å². The first kappa shape index (κ1) is 95.7. The van der Waals surface area contributed by atoms with E-state index in [0.717, 1.165) is 189 Å². The first-order valence-corrected chi connectivity index (χ1v) is 57.9. The molecule has 10 unspecified atom stereocenters. The molecule has 12 aliphatic carbocycles. The van der Waals surface area contributed by atoms with Crippen molar-refractivity contribution in [1.29, 1.82) is 0 Å². The number of likely N-dealkylation sites (N-methyl/N-ethyl adjacent to an activating group) is 1. The molecule has 12 fully saturated rings. The van der Waals surface area contributed by atoms with Gasteiger partial charge in [0.25, 0.3) is 0 Å². The summed E-state index contributed by atoms with van der Waals surface area (Å²) < 4.78 is 6.00. The van der Waals surface area contributed by atoms with Gasteiger partial charge in [0.05, 0.1) is 56.5 Å². The van der Waals surface area contributed by atoms with Crippen molar-refractivity contribution in [2.75, 3.05) is 168 Å². The van der Waals surface area contributed by atoms with E-state index >= 15 is 0 Å². The monoisotopic (exact) mass is 2010 g/mol. The zero-order valence-electron chi connectivity index (χ0n) is 83.6. The molecule has 18 heterocycles. The summed E-state index contributed by atoms with van der Waals surface area (Å²) in [6, 6.07) is 6.57. The highest BCUT2D eigenvalue weighted by molar-refractivity contribution is 7.20. The molecule has 1 amide bonds. The van der Waals surface area contributed by atoms with E-state index in [0.29, 0.717) is 54.9 Å². The lowest BCUT2D eigenvalue weighted by molar-refractivity contribution is -0.152. The van der Waals surface area contributed by atoms with Crippen LogP contribution in [-0.2, 0) is 81.8 Å². The van der Waals surface area contributed by atoms with Gasteiger partial charge in [-0.15, -0.1) is 68.0 Å². The number of carbonyl (C=O) groups excluding carboxylic acids is 1. The number of aryl methyl sites for hydroxylation is 12. The Hall–Kier alpha value is -7.85. The molecule has 12 aromatic rings. The molecule has 12 aromatic heterocycles. The molecule has 8 bridgehead atoms. The highest BCUT2D eigenvalue weighted by Gasteiger charge is 2.57. The average Bonchev–Trinajstić information content (AvgIpc) is 1.18. The molecule has 6 saturated heterocycles. The molecule has 6 saturated carbocycles. The molecule has 29 nitrogen and oxygen atoms in total. The minimum atomic E-state index is 0.194. The van der Waals surface area contributed by atoms with Gasteiger partial charge in [0.2, 0.25) is 11.8 Å². The molecule has 7 N–H and O–H groups in total. The molecular formula is C105H143N27O2S6. The Bertz CT molecular complexity index is 6280. The van der Waals surface area contributed by atoms with Crippen molar-refractivity contribution in [1.82, 2.24) is 110 Å². The topological polar surface area (TPSA) is 291 Å². The van der Waals surface area contributed by atoms with Crippen molar-refractivity contribution in [3.63, 3.8) is 0 Å². The van der Waals surface area contributed by atoms with Gasteiger partial charge in [0.1, 0.15) is 103 Å². The number of ether oxygens (including phenoxy) is 1. The summed E-state index contributed by atoms with van der Waals surface area (Å²) in [6.45, 7) is 17.7. The van der Waals surface area contributed by atoms with Crippen LogP contribution in [0.2, 0.25) is 0 Å². The van der Waals surface area contributed by atoms with Crippen molar-refractivity contribution >= 4 is 164 Å². The Morgan fingerprint density at radius 1 is 0.393 bits per heavy atom. The SMILES string of the molecule is CC(=O)N1[C@@H]2CC(N(C)C)C[C@H]1C2Nc1ncnc2sc3c(c12)CCC3.CCN1[C@@H]2CC(N(C)C)C[C@H]1C2Nc1ncnc2sc3c(c12)CCC3.CN(C)C1CC2CCC1C(Nc1ncnc3sc4c(c13)CCC4)C2.CN(C)C1C[C@@H]2C[C@H](C1)C2Nc1ncnc2sc3c(c12)CCC3.c1nc(NCCN2CCNCC2)c2c3c(sc2n1)CCC3.c1nc(OCCN2CCNCC2)c2c3c(sc2n1)CCC3. The van der Waals surface area contributed by atoms with Crippen LogP contribution in [-0.4, -0.2) is 319 Å². The van der Waals surface area contributed by atoms with Gasteiger partial charge >= 0.3 is 0 Å². The number of aromatic nitrogens is 12. The summed E-state index contributed by atoms with van der Waals surface area (Å²) in [5, 5.41) is 33.3. The van der Waals surface area contributed by atoms with Crippen molar-refractivity contribution < 1.29 is 9.53 Å². The fourth-order valence-corrected chi connectivity index (χ4v) is 34.9. The van der Waals surface area contributed by atoms with Gasteiger partial charge in [-0.3, -0.25) is 19.5 Å². The second-order valence-corrected chi connectivity index (χ2v) is 49.9. The number of carbonyl (C=O) groups is 1. The Morgan fingerprint density at radius 3 is 1.16 bits per heavy atom. The summed E-state index contributed by atoms with van der Waals surface area (Å²) in [6.07, 6.45) is 46.3. The third kappa shape index (κ3) is 18.9. The number of rotatable bonds is 21. The average molecular weight is 2010 g/mol. The van der Waals surface area contributed by atoms with E-state index < -0.39 is 0 Å². The van der Waals surface area contributed by atoms with Crippen LogP contribution in [0.1, 0.15) is 186 Å². The van der Waals surface area contributed by atoms with Crippen LogP contribution in [0.25, 0.3) is 61.3 Å². The molecule has 746 valence electrons. The number of fused-ring (bicyclic) bond motifs is 27. The summed E-state index contributed by atoms with van der Waals surface area (Å²) in [5.74, 6) is 9.56. The quantitative estimate of drug-likeness (QED) is 0.0352. The molecule has 140 heavy (non-hydrogen) atoms. The van der Waals surface area contributed by atoms with Crippen molar-refractivity contribution in [3.05, 3.63) is 101 Å². The number of hydrogen-bond acceptors (Lipinski definition) is 34. The molecule has 16 atom stereocenters. The normalized spacial score (nSPS) is 27.6. The third-order valence-corrected chi connectivity index (χ3v) is 41.9. The number of piperidine rings is 2. The van der Waals surface area contributed by atoms with Gasteiger partial charge in [0, 0.05) is 157 Å². The Kier molecular flexibility index (Phi) is 28.4. The second-order valence-electron chi connectivity index (χ2n) is 43.4. The lowest BCUT2D eigenvalue weighted by atomic mass is 9.59. The number of amides is 1. The van der Waals surface area contributed by atoms with E-state index in [1.54, 1.807) is 54.6 Å². The molecule has 18 aliphatic rings. The second kappa shape index (κ2) is 41.6. The van der Waals surface area contributed by atoms with E-state index in [9.17, 15) is 4.79 Å².